The number of carbonyl (C=O) groups is 1. The van der Waals surface area contributed by atoms with Gasteiger partial charge in [0.1, 0.15) is 0 Å². The number of nitrogens with two attached hydrogens (primary N) is 2. The first-order valence-electron chi connectivity index (χ1n) is 8.26. The minimum Gasteiger partial charge on any atom is -0.364 e. The van der Waals surface area contributed by atoms with E-state index in [4.69, 9.17) is 11.5 Å². The molecule has 0 bridgehead atoms. The van der Waals surface area contributed by atoms with Gasteiger partial charge in [0, 0.05) is 5.69 Å². The first-order chi connectivity index (χ1) is 11.5. The second-order valence-electron chi connectivity index (χ2n) is 5.77. The Bertz CT molecular complexity index is 729. The molecule has 2 aromatic rings. The van der Waals surface area contributed by atoms with E-state index in [1.54, 1.807) is 0 Å². The summed E-state index contributed by atoms with van der Waals surface area (Å²) in [5, 5.41) is 3.18. The molecule has 0 fully saturated rings. The van der Waals surface area contributed by atoms with Gasteiger partial charge in [0.15, 0.2) is 11.5 Å². The predicted molar refractivity (Wildman–Crippen MR) is 96.5 cm³/mol. The maximum atomic E-state index is 11.8. The number of amides is 1. The Hall–Kier alpha value is -2.47. The van der Waals surface area contributed by atoms with E-state index in [2.05, 4.69) is 22.2 Å². The summed E-state index contributed by atoms with van der Waals surface area (Å²) in [6, 6.07) is 7.89. The van der Waals surface area contributed by atoms with Crippen LogP contribution in [0.15, 0.2) is 24.3 Å². The Morgan fingerprint density at radius 1 is 1.21 bits per heavy atom. The highest BCUT2D eigenvalue weighted by atomic mass is 16.1. The SMILES string of the molecule is CCc1nc(Nc2cccc(C(C)CN)c2)c(C(N)=O)nc1CC. The van der Waals surface area contributed by atoms with Crippen LogP contribution in [-0.4, -0.2) is 22.4 Å². The van der Waals surface area contributed by atoms with Gasteiger partial charge in [-0.15, -0.1) is 0 Å². The van der Waals surface area contributed by atoms with Crippen molar-refractivity contribution in [3.8, 4) is 0 Å². The van der Waals surface area contributed by atoms with Crippen LogP contribution in [0.5, 0.6) is 0 Å². The third-order valence-corrected chi connectivity index (χ3v) is 4.03. The molecule has 0 radical (unpaired) electrons. The predicted octanol–water partition coefficient (Wildman–Crippen LogP) is 2.51. The van der Waals surface area contributed by atoms with Crippen LogP contribution in [0.2, 0.25) is 0 Å². The molecule has 24 heavy (non-hydrogen) atoms. The molecule has 0 aliphatic heterocycles. The summed E-state index contributed by atoms with van der Waals surface area (Å²) in [5.41, 5.74) is 15.0. The molecular formula is C18H25N5O. The number of nitrogens with one attached hydrogen (secondary N) is 1. The summed E-state index contributed by atoms with van der Waals surface area (Å²) in [6.45, 7) is 6.64. The third kappa shape index (κ3) is 3.89. The van der Waals surface area contributed by atoms with Crippen molar-refractivity contribution >= 4 is 17.4 Å². The minimum atomic E-state index is -0.589. The normalized spacial score (nSPS) is 12.0. The van der Waals surface area contributed by atoms with E-state index in [0.29, 0.717) is 18.8 Å². The first kappa shape index (κ1) is 17.9. The van der Waals surface area contributed by atoms with Crippen molar-refractivity contribution in [3.05, 3.63) is 46.9 Å². The lowest BCUT2D eigenvalue weighted by atomic mass is 10.0. The smallest absolute Gasteiger partial charge is 0.271 e. The lowest BCUT2D eigenvalue weighted by Crippen LogP contribution is -2.19. The van der Waals surface area contributed by atoms with E-state index < -0.39 is 5.91 Å². The van der Waals surface area contributed by atoms with Crippen LogP contribution in [0.25, 0.3) is 0 Å². The average molecular weight is 327 g/mol. The van der Waals surface area contributed by atoms with Crippen LogP contribution in [0.1, 0.15) is 54.1 Å². The van der Waals surface area contributed by atoms with Gasteiger partial charge >= 0.3 is 0 Å². The van der Waals surface area contributed by atoms with E-state index in [1.807, 2.05) is 38.1 Å². The Morgan fingerprint density at radius 3 is 2.46 bits per heavy atom. The summed E-state index contributed by atoms with van der Waals surface area (Å²) in [7, 11) is 0. The van der Waals surface area contributed by atoms with Gasteiger partial charge in [-0.3, -0.25) is 4.79 Å². The molecule has 0 aliphatic carbocycles. The highest BCUT2D eigenvalue weighted by Gasteiger charge is 2.16. The zero-order chi connectivity index (χ0) is 17.7. The van der Waals surface area contributed by atoms with Gasteiger partial charge in [-0.25, -0.2) is 9.97 Å². The average Bonchev–Trinajstić information content (AvgIpc) is 2.60. The van der Waals surface area contributed by atoms with Crippen molar-refractivity contribution in [2.45, 2.75) is 39.5 Å². The molecule has 2 rings (SSSR count). The number of rotatable bonds is 7. The van der Waals surface area contributed by atoms with E-state index in [9.17, 15) is 4.79 Å². The van der Waals surface area contributed by atoms with Gasteiger partial charge in [0.25, 0.3) is 5.91 Å². The van der Waals surface area contributed by atoms with Crippen molar-refractivity contribution in [2.24, 2.45) is 11.5 Å². The van der Waals surface area contributed by atoms with E-state index in [0.717, 1.165) is 29.1 Å². The number of carbonyl (C=O) groups excluding carboxylic acids is 1. The summed E-state index contributed by atoms with van der Waals surface area (Å²) in [4.78, 5) is 20.8. The van der Waals surface area contributed by atoms with Crippen LogP contribution < -0.4 is 16.8 Å². The quantitative estimate of drug-likeness (QED) is 0.724. The monoisotopic (exact) mass is 327 g/mol. The van der Waals surface area contributed by atoms with Crippen LogP contribution in [-0.2, 0) is 12.8 Å². The van der Waals surface area contributed by atoms with Crippen LogP contribution in [0.3, 0.4) is 0 Å². The maximum Gasteiger partial charge on any atom is 0.271 e. The van der Waals surface area contributed by atoms with Gasteiger partial charge in [-0.2, -0.15) is 0 Å². The van der Waals surface area contributed by atoms with Gasteiger partial charge in [-0.05, 0) is 43.0 Å². The topological polar surface area (TPSA) is 107 Å². The van der Waals surface area contributed by atoms with Gasteiger partial charge in [0.2, 0.25) is 0 Å². The molecule has 5 N–H and O–H groups in total. The second kappa shape index (κ2) is 7.88. The lowest BCUT2D eigenvalue weighted by molar-refractivity contribution is 0.0996. The van der Waals surface area contributed by atoms with Crippen LogP contribution >= 0.6 is 0 Å². The number of hydrogen-bond donors (Lipinski definition) is 3. The summed E-state index contributed by atoms with van der Waals surface area (Å²) in [6.07, 6.45) is 1.45. The molecule has 0 spiro atoms. The number of aryl methyl sites for hydroxylation is 2. The molecule has 0 saturated heterocycles. The summed E-state index contributed by atoms with van der Waals surface area (Å²) >= 11 is 0. The van der Waals surface area contributed by atoms with Crippen molar-refractivity contribution < 1.29 is 4.79 Å². The molecule has 0 saturated carbocycles. The highest BCUT2D eigenvalue weighted by molar-refractivity contribution is 5.96. The Morgan fingerprint density at radius 2 is 1.88 bits per heavy atom. The van der Waals surface area contributed by atoms with Crippen molar-refractivity contribution in [1.29, 1.82) is 0 Å². The number of aromatic nitrogens is 2. The molecule has 128 valence electrons. The largest absolute Gasteiger partial charge is 0.364 e. The molecule has 1 amide bonds. The second-order valence-corrected chi connectivity index (χ2v) is 5.77. The highest BCUT2D eigenvalue weighted by Crippen LogP contribution is 2.23. The number of benzene rings is 1. The number of nitrogens with zero attached hydrogens (tertiary/aromatic N) is 2. The van der Waals surface area contributed by atoms with Crippen molar-refractivity contribution in [2.75, 3.05) is 11.9 Å². The molecule has 1 atom stereocenters. The fourth-order valence-corrected chi connectivity index (χ4v) is 2.53. The van der Waals surface area contributed by atoms with E-state index >= 15 is 0 Å². The Kier molecular flexibility index (Phi) is 5.87. The fraction of sp³-hybridized carbons (Fsp3) is 0.389. The molecule has 0 aliphatic rings. The van der Waals surface area contributed by atoms with E-state index in [-0.39, 0.29) is 11.6 Å². The first-order valence-corrected chi connectivity index (χ1v) is 8.26. The lowest BCUT2D eigenvalue weighted by Gasteiger charge is -2.15. The molecule has 1 unspecified atom stereocenters. The fourth-order valence-electron chi connectivity index (χ4n) is 2.53. The van der Waals surface area contributed by atoms with Gasteiger partial charge < -0.3 is 16.8 Å². The molecule has 1 aromatic heterocycles. The Labute approximate surface area is 142 Å². The van der Waals surface area contributed by atoms with E-state index in [1.165, 1.54) is 0 Å². The van der Waals surface area contributed by atoms with Gasteiger partial charge in [-0.1, -0.05) is 32.9 Å². The van der Waals surface area contributed by atoms with Crippen LogP contribution in [0.4, 0.5) is 11.5 Å². The Balaban J connectivity index is 2.43. The molecule has 1 aromatic carbocycles. The number of anilines is 2. The third-order valence-electron chi connectivity index (χ3n) is 4.03. The maximum absolute atomic E-state index is 11.8. The summed E-state index contributed by atoms with van der Waals surface area (Å²) in [5.74, 6) is 0.0602. The zero-order valence-electron chi connectivity index (χ0n) is 14.5. The standard InChI is InChI=1S/C18H25N5O/c1-4-14-15(5-2)23-18(16(22-14)17(20)24)21-13-8-6-7-12(9-13)11(3)10-19/h6-9,11H,4-5,10,19H2,1-3H3,(H2,20,24)(H,21,23). The molecule has 6 heteroatoms. The number of hydrogen-bond acceptors (Lipinski definition) is 5. The van der Waals surface area contributed by atoms with Gasteiger partial charge in [0.05, 0.1) is 11.4 Å². The molecule has 6 nitrogen and oxygen atoms in total. The number of primary amides is 1. The van der Waals surface area contributed by atoms with Crippen LogP contribution in [0, 0.1) is 0 Å². The summed E-state index contributed by atoms with van der Waals surface area (Å²) < 4.78 is 0. The van der Waals surface area contributed by atoms with Crippen molar-refractivity contribution in [1.82, 2.24) is 9.97 Å². The molecular weight excluding hydrogens is 302 g/mol. The van der Waals surface area contributed by atoms with Crippen molar-refractivity contribution in [3.63, 3.8) is 0 Å². The molecule has 1 heterocycles. The zero-order valence-corrected chi connectivity index (χ0v) is 14.5. The minimum absolute atomic E-state index is 0.168.